The summed E-state index contributed by atoms with van der Waals surface area (Å²) in [6.07, 6.45) is 2.12. The second kappa shape index (κ2) is 7.53. The molecule has 4 nitrogen and oxygen atoms in total. The molecule has 1 aromatic carbocycles. The van der Waals surface area contributed by atoms with Gasteiger partial charge in [-0.1, -0.05) is 13.3 Å². The second-order valence-electron chi connectivity index (χ2n) is 5.91. The zero-order chi connectivity index (χ0) is 17.0. The average molecular weight is 316 g/mol. The van der Waals surface area contributed by atoms with Gasteiger partial charge in [-0.15, -0.1) is 0 Å². The van der Waals surface area contributed by atoms with Crippen LogP contribution in [0.3, 0.4) is 0 Å². The normalized spacial score (nSPS) is 11.0. The quantitative estimate of drug-likeness (QED) is 0.765. The molecule has 0 N–H and O–H groups in total. The third kappa shape index (κ3) is 3.36. The van der Waals surface area contributed by atoms with E-state index in [2.05, 4.69) is 24.5 Å². The summed E-state index contributed by atoms with van der Waals surface area (Å²) >= 11 is 0. The fourth-order valence-electron chi connectivity index (χ4n) is 3.04. The molecule has 1 aromatic heterocycles. The lowest BCUT2D eigenvalue weighted by Crippen LogP contribution is -2.30. The summed E-state index contributed by atoms with van der Waals surface area (Å²) in [5.41, 5.74) is 2.94. The van der Waals surface area contributed by atoms with Crippen LogP contribution in [0.15, 0.2) is 18.2 Å². The van der Waals surface area contributed by atoms with Crippen molar-refractivity contribution >= 4 is 16.8 Å². The molecule has 2 rings (SSSR count). The molecule has 1 amide bonds. The molecule has 0 bridgehead atoms. The maximum Gasteiger partial charge on any atom is 0.270 e. The Morgan fingerprint density at radius 3 is 2.61 bits per heavy atom. The predicted molar refractivity (Wildman–Crippen MR) is 95.4 cm³/mol. The Bertz CT molecular complexity index is 688. The van der Waals surface area contributed by atoms with Crippen LogP contribution in [-0.4, -0.2) is 35.6 Å². The van der Waals surface area contributed by atoms with Gasteiger partial charge in [0.25, 0.3) is 5.91 Å². The average Bonchev–Trinajstić information content (AvgIpc) is 2.84. The zero-order valence-corrected chi connectivity index (χ0v) is 15.0. The number of hydrogen-bond donors (Lipinski definition) is 0. The number of rotatable bonds is 7. The minimum atomic E-state index is 0.104. The maximum atomic E-state index is 12.9. The highest BCUT2D eigenvalue weighted by molar-refractivity contribution is 6.01. The van der Waals surface area contributed by atoms with Crippen LogP contribution < -0.4 is 4.74 Å². The molecule has 4 heteroatoms. The van der Waals surface area contributed by atoms with Crippen LogP contribution in [0.1, 0.15) is 49.7 Å². The lowest BCUT2D eigenvalue weighted by Gasteiger charge is -2.18. The first-order valence-corrected chi connectivity index (χ1v) is 8.56. The predicted octanol–water partition coefficient (Wildman–Crippen LogP) is 4.24. The van der Waals surface area contributed by atoms with Crippen molar-refractivity contribution in [3.05, 3.63) is 29.5 Å². The van der Waals surface area contributed by atoms with E-state index in [0.717, 1.165) is 53.8 Å². The Morgan fingerprint density at radius 2 is 2.00 bits per heavy atom. The minimum Gasteiger partial charge on any atom is -0.494 e. The number of benzene rings is 1. The lowest BCUT2D eigenvalue weighted by atomic mass is 10.1. The van der Waals surface area contributed by atoms with Crippen molar-refractivity contribution in [2.45, 2.75) is 47.1 Å². The van der Waals surface area contributed by atoms with Crippen molar-refractivity contribution in [2.24, 2.45) is 0 Å². The monoisotopic (exact) mass is 316 g/mol. The molecule has 0 spiro atoms. The summed E-state index contributed by atoms with van der Waals surface area (Å²) in [6, 6.07) is 6.08. The summed E-state index contributed by atoms with van der Waals surface area (Å²) in [4.78, 5) is 14.7. The molecular weight excluding hydrogens is 288 g/mol. The van der Waals surface area contributed by atoms with E-state index in [1.165, 1.54) is 0 Å². The number of carbonyl (C=O) groups is 1. The van der Waals surface area contributed by atoms with E-state index in [1.54, 1.807) is 0 Å². The van der Waals surface area contributed by atoms with Crippen molar-refractivity contribution in [3.8, 4) is 5.75 Å². The third-order valence-electron chi connectivity index (χ3n) is 4.31. The van der Waals surface area contributed by atoms with E-state index < -0.39 is 0 Å². The first kappa shape index (κ1) is 17.4. The van der Waals surface area contributed by atoms with Crippen LogP contribution >= 0.6 is 0 Å². The van der Waals surface area contributed by atoms with E-state index in [9.17, 15) is 4.79 Å². The highest BCUT2D eigenvalue weighted by Crippen LogP contribution is 2.30. The van der Waals surface area contributed by atoms with Crippen molar-refractivity contribution in [1.29, 1.82) is 0 Å². The van der Waals surface area contributed by atoms with Gasteiger partial charge in [0.2, 0.25) is 0 Å². The molecule has 0 fully saturated rings. The van der Waals surface area contributed by atoms with Crippen molar-refractivity contribution in [1.82, 2.24) is 9.47 Å². The van der Waals surface area contributed by atoms with Crippen molar-refractivity contribution < 1.29 is 9.53 Å². The third-order valence-corrected chi connectivity index (χ3v) is 4.31. The molecule has 0 aliphatic carbocycles. The fourth-order valence-corrected chi connectivity index (χ4v) is 3.04. The van der Waals surface area contributed by atoms with E-state index in [0.29, 0.717) is 6.61 Å². The van der Waals surface area contributed by atoms with Gasteiger partial charge in [0.1, 0.15) is 11.4 Å². The second-order valence-corrected chi connectivity index (χ2v) is 5.91. The number of fused-ring (bicyclic) bond motifs is 1. The van der Waals surface area contributed by atoms with Gasteiger partial charge in [-0.3, -0.25) is 4.79 Å². The molecule has 0 radical (unpaired) electrons. The minimum absolute atomic E-state index is 0.104. The Hall–Kier alpha value is -1.97. The summed E-state index contributed by atoms with van der Waals surface area (Å²) < 4.78 is 7.72. The summed E-state index contributed by atoms with van der Waals surface area (Å²) in [7, 11) is 1.89. The molecule has 1 heterocycles. The summed E-state index contributed by atoms with van der Waals surface area (Å²) in [5.74, 6) is 0.960. The number of aryl methyl sites for hydroxylation is 2. The SMILES string of the molecule is CCCCN(C)C(=O)c1c(C)c2cc(OCC)ccc2n1CC. The van der Waals surface area contributed by atoms with Gasteiger partial charge >= 0.3 is 0 Å². The van der Waals surface area contributed by atoms with Crippen LogP contribution in [-0.2, 0) is 6.54 Å². The van der Waals surface area contributed by atoms with Crippen LogP contribution in [0.2, 0.25) is 0 Å². The van der Waals surface area contributed by atoms with E-state index in [-0.39, 0.29) is 5.91 Å². The van der Waals surface area contributed by atoms with Gasteiger partial charge in [0.15, 0.2) is 0 Å². The number of amides is 1. The smallest absolute Gasteiger partial charge is 0.270 e. The van der Waals surface area contributed by atoms with E-state index in [4.69, 9.17) is 4.74 Å². The van der Waals surface area contributed by atoms with Crippen LogP contribution in [0, 0.1) is 6.92 Å². The van der Waals surface area contributed by atoms with E-state index in [1.807, 2.05) is 37.9 Å². The summed E-state index contributed by atoms with van der Waals surface area (Å²) in [5, 5.41) is 1.10. The molecule has 126 valence electrons. The molecule has 0 saturated heterocycles. The highest BCUT2D eigenvalue weighted by Gasteiger charge is 2.22. The number of unbranched alkanes of at least 4 members (excludes halogenated alkanes) is 1. The largest absolute Gasteiger partial charge is 0.494 e. The Kier molecular flexibility index (Phi) is 5.69. The van der Waals surface area contributed by atoms with Gasteiger partial charge in [-0.05, 0) is 51.0 Å². The number of aromatic nitrogens is 1. The van der Waals surface area contributed by atoms with Crippen LogP contribution in [0.4, 0.5) is 0 Å². The van der Waals surface area contributed by atoms with Crippen molar-refractivity contribution in [2.75, 3.05) is 20.2 Å². The first-order valence-electron chi connectivity index (χ1n) is 8.56. The van der Waals surface area contributed by atoms with Gasteiger partial charge in [-0.25, -0.2) is 0 Å². The lowest BCUT2D eigenvalue weighted by molar-refractivity contribution is 0.0782. The molecular formula is C19H28N2O2. The van der Waals surface area contributed by atoms with Crippen LogP contribution in [0.25, 0.3) is 10.9 Å². The van der Waals surface area contributed by atoms with Crippen molar-refractivity contribution in [3.63, 3.8) is 0 Å². The van der Waals surface area contributed by atoms with Gasteiger partial charge in [0, 0.05) is 31.0 Å². The maximum absolute atomic E-state index is 12.9. The Labute approximate surface area is 139 Å². The fraction of sp³-hybridized carbons (Fsp3) is 0.526. The number of nitrogens with zero attached hydrogens (tertiary/aromatic N) is 2. The van der Waals surface area contributed by atoms with Gasteiger partial charge < -0.3 is 14.2 Å². The molecule has 0 atom stereocenters. The standard InChI is InChI=1S/C19H28N2O2/c1-6-9-12-20(5)19(22)18-14(4)16-13-15(23-8-3)10-11-17(16)21(18)7-2/h10-11,13H,6-9,12H2,1-5H3. The number of ether oxygens (including phenoxy) is 1. The number of hydrogen-bond acceptors (Lipinski definition) is 2. The number of carbonyl (C=O) groups excluding carboxylic acids is 1. The molecule has 0 unspecified atom stereocenters. The topological polar surface area (TPSA) is 34.5 Å². The van der Waals surface area contributed by atoms with Crippen LogP contribution in [0.5, 0.6) is 5.75 Å². The zero-order valence-electron chi connectivity index (χ0n) is 15.0. The molecule has 23 heavy (non-hydrogen) atoms. The Balaban J connectivity index is 2.50. The molecule has 0 saturated carbocycles. The molecule has 2 aromatic rings. The summed E-state index contributed by atoms with van der Waals surface area (Å²) in [6.45, 7) is 10.5. The van der Waals surface area contributed by atoms with Gasteiger partial charge in [0.05, 0.1) is 6.61 Å². The highest BCUT2D eigenvalue weighted by atomic mass is 16.5. The van der Waals surface area contributed by atoms with Gasteiger partial charge in [-0.2, -0.15) is 0 Å². The van der Waals surface area contributed by atoms with E-state index >= 15 is 0 Å². The Morgan fingerprint density at radius 1 is 1.26 bits per heavy atom. The molecule has 0 aliphatic rings. The molecule has 0 aliphatic heterocycles. The first-order chi connectivity index (χ1) is 11.0.